The molecule has 0 amide bonds. The van der Waals surface area contributed by atoms with Crippen molar-refractivity contribution in [2.45, 2.75) is 58.3 Å². The highest BCUT2D eigenvalue weighted by atomic mass is 15.3. The Hall–Kier alpha value is -1.55. The smallest absolute Gasteiger partial charge is 0.0821 e. The first-order valence-electron chi connectivity index (χ1n) is 7.67. The Morgan fingerprint density at radius 2 is 2.20 bits per heavy atom. The van der Waals surface area contributed by atoms with Crippen molar-refractivity contribution in [3.05, 3.63) is 42.0 Å². The first-order chi connectivity index (χ1) is 9.76. The molecule has 0 bridgehead atoms. The number of hydrogen-bond donors (Lipinski definition) is 1. The highest BCUT2D eigenvalue weighted by molar-refractivity contribution is 5.11. The molecule has 1 unspecified atom stereocenters. The summed E-state index contributed by atoms with van der Waals surface area (Å²) in [6, 6.07) is 7.67. The van der Waals surface area contributed by atoms with E-state index in [4.69, 9.17) is 0 Å². The molecular formula is C16H24N4. The quantitative estimate of drug-likeness (QED) is 0.841. The molecule has 0 aromatic carbocycles. The van der Waals surface area contributed by atoms with Gasteiger partial charge in [0.25, 0.3) is 0 Å². The first-order valence-corrected chi connectivity index (χ1v) is 7.67. The third-order valence-corrected chi connectivity index (χ3v) is 4.11. The van der Waals surface area contributed by atoms with Crippen LogP contribution in [0.2, 0.25) is 0 Å². The molecule has 0 spiro atoms. The van der Waals surface area contributed by atoms with Crippen LogP contribution in [0.15, 0.2) is 30.6 Å². The van der Waals surface area contributed by atoms with E-state index in [1.54, 1.807) is 0 Å². The summed E-state index contributed by atoms with van der Waals surface area (Å²) in [5.41, 5.74) is 2.48. The SMILES string of the molecule is CCC(C)n1ccc(Cn2cccc2CNC2CC2)n1. The molecule has 1 N–H and O–H groups in total. The summed E-state index contributed by atoms with van der Waals surface area (Å²) in [6.07, 6.45) is 8.02. The summed E-state index contributed by atoms with van der Waals surface area (Å²) in [7, 11) is 0. The summed E-state index contributed by atoms with van der Waals surface area (Å²) in [6.45, 7) is 6.22. The van der Waals surface area contributed by atoms with Gasteiger partial charge in [-0.05, 0) is 44.4 Å². The average Bonchev–Trinajstić information content (AvgIpc) is 3.00. The second-order valence-corrected chi connectivity index (χ2v) is 5.83. The summed E-state index contributed by atoms with van der Waals surface area (Å²) in [5, 5.41) is 8.25. The van der Waals surface area contributed by atoms with Crippen molar-refractivity contribution in [1.82, 2.24) is 19.7 Å². The average molecular weight is 272 g/mol. The Morgan fingerprint density at radius 1 is 1.35 bits per heavy atom. The van der Waals surface area contributed by atoms with Crippen molar-refractivity contribution >= 4 is 0 Å². The standard InChI is InChI=1S/C16H24N4/c1-3-13(2)20-10-8-15(18-20)12-19-9-4-5-16(19)11-17-14-6-7-14/h4-5,8-10,13-14,17H,3,6-7,11-12H2,1-2H3. The highest BCUT2D eigenvalue weighted by Crippen LogP contribution is 2.19. The molecule has 1 aliphatic rings. The van der Waals surface area contributed by atoms with E-state index in [0.29, 0.717) is 6.04 Å². The van der Waals surface area contributed by atoms with Gasteiger partial charge in [-0.3, -0.25) is 4.68 Å². The van der Waals surface area contributed by atoms with E-state index < -0.39 is 0 Å². The Morgan fingerprint density at radius 3 is 2.95 bits per heavy atom. The molecule has 0 radical (unpaired) electrons. The Bertz CT molecular complexity index is 550. The third kappa shape index (κ3) is 3.12. The minimum atomic E-state index is 0.476. The molecule has 1 aliphatic carbocycles. The van der Waals surface area contributed by atoms with Crippen molar-refractivity contribution in [2.24, 2.45) is 0 Å². The molecule has 0 saturated heterocycles. The van der Waals surface area contributed by atoms with Gasteiger partial charge in [0, 0.05) is 36.7 Å². The Labute approximate surface area is 120 Å². The Kier molecular flexibility index (Phi) is 3.92. The number of rotatable bonds is 7. The molecule has 3 rings (SSSR count). The molecule has 1 fully saturated rings. The maximum atomic E-state index is 4.68. The van der Waals surface area contributed by atoms with Gasteiger partial charge >= 0.3 is 0 Å². The highest BCUT2D eigenvalue weighted by Gasteiger charge is 2.20. The van der Waals surface area contributed by atoms with Crippen LogP contribution in [-0.4, -0.2) is 20.4 Å². The maximum absolute atomic E-state index is 4.68. The zero-order valence-electron chi connectivity index (χ0n) is 12.4. The molecular weight excluding hydrogens is 248 g/mol. The van der Waals surface area contributed by atoms with E-state index in [0.717, 1.165) is 31.2 Å². The van der Waals surface area contributed by atoms with Gasteiger partial charge in [-0.1, -0.05) is 6.92 Å². The topological polar surface area (TPSA) is 34.8 Å². The van der Waals surface area contributed by atoms with Crippen LogP contribution < -0.4 is 5.32 Å². The van der Waals surface area contributed by atoms with Gasteiger partial charge < -0.3 is 9.88 Å². The van der Waals surface area contributed by atoms with Crippen LogP contribution in [0.5, 0.6) is 0 Å². The summed E-state index contributed by atoms with van der Waals surface area (Å²) < 4.78 is 4.36. The van der Waals surface area contributed by atoms with E-state index in [-0.39, 0.29) is 0 Å². The van der Waals surface area contributed by atoms with Crippen molar-refractivity contribution in [2.75, 3.05) is 0 Å². The van der Waals surface area contributed by atoms with Gasteiger partial charge in [0.2, 0.25) is 0 Å². The molecule has 108 valence electrons. The first kappa shape index (κ1) is 13.4. The number of nitrogens with zero attached hydrogens (tertiary/aromatic N) is 3. The Balaban J connectivity index is 1.64. The lowest BCUT2D eigenvalue weighted by Gasteiger charge is -2.10. The fourth-order valence-electron chi connectivity index (χ4n) is 2.37. The fourth-order valence-corrected chi connectivity index (χ4v) is 2.37. The third-order valence-electron chi connectivity index (χ3n) is 4.11. The molecule has 1 atom stereocenters. The second-order valence-electron chi connectivity index (χ2n) is 5.83. The van der Waals surface area contributed by atoms with Gasteiger partial charge in [-0.2, -0.15) is 5.10 Å². The molecule has 4 nitrogen and oxygen atoms in total. The van der Waals surface area contributed by atoms with E-state index in [1.807, 2.05) is 0 Å². The summed E-state index contributed by atoms with van der Waals surface area (Å²) >= 11 is 0. The fraction of sp³-hybridized carbons (Fsp3) is 0.562. The number of aromatic nitrogens is 3. The molecule has 0 aliphatic heterocycles. The maximum Gasteiger partial charge on any atom is 0.0821 e. The minimum Gasteiger partial charge on any atom is -0.344 e. The van der Waals surface area contributed by atoms with E-state index in [2.05, 4.69) is 64.1 Å². The zero-order chi connectivity index (χ0) is 13.9. The molecule has 1 saturated carbocycles. The van der Waals surface area contributed by atoms with E-state index in [1.165, 1.54) is 18.5 Å². The van der Waals surface area contributed by atoms with Crippen LogP contribution in [0.1, 0.15) is 50.5 Å². The predicted octanol–water partition coefficient (Wildman–Crippen LogP) is 2.96. The predicted molar refractivity (Wildman–Crippen MR) is 80.6 cm³/mol. The van der Waals surface area contributed by atoms with Crippen molar-refractivity contribution < 1.29 is 0 Å². The van der Waals surface area contributed by atoms with Crippen LogP contribution in [-0.2, 0) is 13.1 Å². The molecule has 2 aromatic rings. The van der Waals surface area contributed by atoms with Gasteiger partial charge in [0.1, 0.15) is 0 Å². The monoisotopic (exact) mass is 272 g/mol. The van der Waals surface area contributed by atoms with Gasteiger partial charge in [-0.15, -0.1) is 0 Å². The van der Waals surface area contributed by atoms with Crippen LogP contribution in [0, 0.1) is 0 Å². The summed E-state index contributed by atoms with van der Waals surface area (Å²) in [4.78, 5) is 0. The minimum absolute atomic E-state index is 0.476. The number of hydrogen-bond acceptors (Lipinski definition) is 2. The molecule has 2 heterocycles. The molecule has 4 heteroatoms. The van der Waals surface area contributed by atoms with E-state index >= 15 is 0 Å². The lowest BCUT2D eigenvalue weighted by molar-refractivity contribution is 0.471. The van der Waals surface area contributed by atoms with Crippen molar-refractivity contribution in [3.63, 3.8) is 0 Å². The van der Waals surface area contributed by atoms with Crippen molar-refractivity contribution in [1.29, 1.82) is 0 Å². The summed E-state index contributed by atoms with van der Waals surface area (Å²) in [5.74, 6) is 0. The van der Waals surface area contributed by atoms with Crippen LogP contribution in [0.25, 0.3) is 0 Å². The lowest BCUT2D eigenvalue weighted by atomic mass is 10.3. The molecule has 20 heavy (non-hydrogen) atoms. The lowest BCUT2D eigenvalue weighted by Crippen LogP contribution is -2.18. The zero-order valence-corrected chi connectivity index (χ0v) is 12.4. The second kappa shape index (κ2) is 5.83. The largest absolute Gasteiger partial charge is 0.344 e. The van der Waals surface area contributed by atoms with Gasteiger partial charge in [-0.25, -0.2) is 0 Å². The molecule has 2 aromatic heterocycles. The van der Waals surface area contributed by atoms with Crippen LogP contribution in [0.4, 0.5) is 0 Å². The van der Waals surface area contributed by atoms with Gasteiger partial charge in [0.05, 0.1) is 12.2 Å². The number of nitrogens with one attached hydrogen (secondary N) is 1. The van der Waals surface area contributed by atoms with Gasteiger partial charge in [0.15, 0.2) is 0 Å². The van der Waals surface area contributed by atoms with Crippen LogP contribution >= 0.6 is 0 Å². The van der Waals surface area contributed by atoms with Crippen LogP contribution in [0.3, 0.4) is 0 Å². The normalized spacial score (nSPS) is 16.5. The van der Waals surface area contributed by atoms with E-state index in [9.17, 15) is 0 Å². The van der Waals surface area contributed by atoms with Crippen molar-refractivity contribution in [3.8, 4) is 0 Å².